The molecule has 2 aromatic carbocycles. The van der Waals surface area contributed by atoms with Crippen LogP contribution in [0.5, 0.6) is 11.5 Å². The molecule has 6 rings (SSSR count). The van der Waals surface area contributed by atoms with Gasteiger partial charge in [-0.25, -0.2) is 0 Å². The number of phenolic OH excluding ortho intramolecular Hbond substituents is 2. The SMILES string of the molecule is O=c1cc(-c2ccc(O)cc2)oc2cc([C@@H]3O[C@H](CO)[C@@H](O)[C@H](O)[C@H]3O[C@@H]3O[C@H](CO)[C@@H](O)[C@H](O)[C@H]3O)c([C@@H]3OC[C@H](O)[C@H](O)[C@H]3O)c(O)c12. The third-order valence-electron chi connectivity index (χ3n) is 9.32. The number of hydrogen-bond donors (Lipinski definition) is 12. The Balaban J connectivity index is 1.55. The van der Waals surface area contributed by atoms with Crippen LogP contribution < -0.4 is 5.43 Å². The van der Waals surface area contributed by atoms with Crippen LogP contribution in [0.25, 0.3) is 22.3 Å². The van der Waals surface area contributed by atoms with Gasteiger partial charge in [-0.1, -0.05) is 0 Å². The lowest BCUT2D eigenvalue weighted by Crippen LogP contribution is -2.62. The van der Waals surface area contributed by atoms with Gasteiger partial charge in [0.05, 0.1) is 19.8 Å². The summed E-state index contributed by atoms with van der Waals surface area (Å²) in [6.45, 7) is -2.25. The Bertz CT molecular complexity index is 1710. The minimum absolute atomic E-state index is 0.0181. The van der Waals surface area contributed by atoms with Crippen LogP contribution in [0.3, 0.4) is 0 Å². The molecule has 3 saturated heterocycles. The van der Waals surface area contributed by atoms with Gasteiger partial charge >= 0.3 is 0 Å². The molecule has 0 amide bonds. The molecule has 0 spiro atoms. The molecule has 274 valence electrons. The second-order valence-corrected chi connectivity index (χ2v) is 12.5. The first-order valence-corrected chi connectivity index (χ1v) is 15.6. The monoisotopic (exact) mass is 710 g/mol. The molecule has 0 unspecified atom stereocenters. The van der Waals surface area contributed by atoms with E-state index >= 15 is 0 Å². The van der Waals surface area contributed by atoms with Crippen molar-refractivity contribution in [2.45, 2.75) is 85.6 Å². The highest BCUT2D eigenvalue weighted by atomic mass is 16.7. The molecule has 18 nitrogen and oxygen atoms in total. The summed E-state index contributed by atoms with van der Waals surface area (Å²) >= 11 is 0. The maximum Gasteiger partial charge on any atom is 0.197 e. The number of rotatable bonds is 7. The van der Waals surface area contributed by atoms with Crippen molar-refractivity contribution in [1.29, 1.82) is 0 Å². The van der Waals surface area contributed by atoms with Crippen LogP contribution in [-0.4, -0.2) is 155 Å². The molecule has 3 aliphatic rings. The molecule has 0 saturated carbocycles. The number of ether oxygens (including phenoxy) is 4. The van der Waals surface area contributed by atoms with E-state index in [-0.39, 0.29) is 22.7 Å². The smallest absolute Gasteiger partial charge is 0.197 e. The van der Waals surface area contributed by atoms with Gasteiger partial charge in [0, 0.05) is 17.2 Å². The van der Waals surface area contributed by atoms with Crippen molar-refractivity contribution in [3.8, 4) is 22.8 Å². The quantitative estimate of drug-likeness (QED) is 0.113. The summed E-state index contributed by atoms with van der Waals surface area (Å²) < 4.78 is 28.9. The van der Waals surface area contributed by atoms with Crippen LogP contribution in [0.4, 0.5) is 0 Å². The highest BCUT2D eigenvalue weighted by molar-refractivity contribution is 5.87. The van der Waals surface area contributed by atoms with Gasteiger partial charge in [0.2, 0.25) is 0 Å². The number of fused-ring (bicyclic) bond motifs is 1. The predicted molar refractivity (Wildman–Crippen MR) is 163 cm³/mol. The zero-order valence-corrected chi connectivity index (χ0v) is 26.0. The summed E-state index contributed by atoms with van der Waals surface area (Å²) in [6, 6.07) is 7.80. The van der Waals surface area contributed by atoms with Crippen molar-refractivity contribution in [2.24, 2.45) is 0 Å². The number of aromatic hydroxyl groups is 2. The number of hydrogen-bond acceptors (Lipinski definition) is 18. The lowest BCUT2D eigenvalue weighted by atomic mass is 9.83. The normalized spacial score (nSPS) is 38.0. The zero-order valence-electron chi connectivity index (χ0n) is 26.0. The van der Waals surface area contributed by atoms with Crippen LogP contribution in [-0.2, 0) is 18.9 Å². The molecule has 0 aliphatic carbocycles. The number of aliphatic hydroxyl groups excluding tert-OH is 10. The topological polar surface area (TPSA) is 310 Å². The molecule has 12 N–H and O–H groups in total. The fourth-order valence-electron chi connectivity index (χ4n) is 6.53. The van der Waals surface area contributed by atoms with Crippen LogP contribution in [0.1, 0.15) is 23.3 Å². The third kappa shape index (κ3) is 6.37. The van der Waals surface area contributed by atoms with E-state index in [1.807, 2.05) is 0 Å². The number of aliphatic hydroxyl groups is 10. The van der Waals surface area contributed by atoms with E-state index in [0.29, 0.717) is 5.56 Å². The van der Waals surface area contributed by atoms with Crippen molar-refractivity contribution in [3.05, 3.63) is 57.7 Å². The van der Waals surface area contributed by atoms with Gasteiger partial charge in [-0.15, -0.1) is 0 Å². The first-order chi connectivity index (χ1) is 23.8. The van der Waals surface area contributed by atoms with Crippen LogP contribution in [0.2, 0.25) is 0 Å². The summed E-state index contributed by atoms with van der Waals surface area (Å²) in [7, 11) is 0. The summed E-state index contributed by atoms with van der Waals surface area (Å²) in [5.74, 6) is -0.929. The fraction of sp³-hybridized carbons (Fsp3) is 0.531. The average Bonchev–Trinajstić information content (AvgIpc) is 3.10. The molecule has 4 heterocycles. The largest absolute Gasteiger partial charge is 0.508 e. The molecular formula is C32H38O18. The van der Waals surface area contributed by atoms with Crippen LogP contribution in [0.15, 0.2) is 45.6 Å². The minimum Gasteiger partial charge on any atom is -0.508 e. The molecule has 3 aliphatic heterocycles. The average molecular weight is 711 g/mol. The molecule has 0 radical (unpaired) electrons. The fourth-order valence-corrected chi connectivity index (χ4v) is 6.53. The predicted octanol–water partition coefficient (Wildman–Crippen LogP) is -3.64. The van der Waals surface area contributed by atoms with Gasteiger partial charge < -0.3 is 84.6 Å². The molecule has 1 aromatic heterocycles. The van der Waals surface area contributed by atoms with Crippen LogP contribution >= 0.6 is 0 Å². The molecule has 50 heavy (non-hydrogen) atoms. The second-order valence-electron chi connectivity index (χ2n) is 12.5. The molecule has 3 fully saturated rings. The van der Waals surface area contributed by atoms with Gasteiger partial charge in [-0.2, -0.15) is 0 Å². The van der Waals surface area contributed by atoms with E-state index in [9.17, 15) is 66.1 Å². The van der Waals surface area contributed by atoms with Gasteiger partial charge in [0.1, 0.15) is 108 Å². The standard InChI is InChI=1S/C32H38O18/c33-7-17-23(40)27(44)31(50-32-28(45)25(42)22(39)18(8-34)49-32)29(48-17)12-5-16-20(13(36)6-15(47-16)10-1-3-11(35)4-2-10)24(41)19(12)30-26(43)21(38)14(37)9-46-30/h1-6,14,17-18,21-23,25-35,37-45H,7-9H2/t14-,17+,18+,21-,22+,23+,25-,26+,27-,28+,29-,30-,31+,32-/m0/s1. The van der Waals surface area contributed by atoms with E-state index < -0.39 is 128 Å². The molecule has 18 heteroatoms. The minimum atomic E-state index is -1.98. The van der Waals surface area contributed by atoms with Gasteiger partial charge in [0.15, 0.2) is 11.7 Å². The number of phenols is 2. The third-order valence-corrected chi connectivity index (χ3v) is 9.32. The Labute approximate surface area is 281 Å². The van der Waals surface area contributed by atoms with Crippen LogP contribution in [0, 0.1) is 0 Å². The highest BCUT2D eigenvalue weighted by Crippen LogP contribution is 2.47. The Kier molecular flexibility index (Phi) is 10.5. The number of benzene rings is 2. The second kappa shape index (κ2) is 14.4. The van der Waals surface area contributed by atoms with Gasteiger partial charge in [0.25, 0.3) is 0 Å². The van der Waals surface area contributed by atoms with Crippen molar-refractivity contribution in [2.75, 3.05) is 19.8 Å². The maximum absolute atomic E-state index is 13.5. The summed E-state index contributed by atoms with van der Waals surface area (Å²) in [4.78, 5) is 13.5. The van der Waals surface area contributed by atoms with E-state index in [1.165, 1.54) is 24.3 Å². The highest BCUT2D eigenvalue weighted by Gasteiger charge is 2.52. The molecule has 0 bridgehead atoms. The van der Waals surface area contributed by atoms with E-state index in [4.69, 9.17) is 23.4 Å². The molecule has 3 aromatic rings. The zero-order chi connectivity index (χ0) is 36.2. The molecule has 14 atom stereocenters. The summed E-state index contributed by atoms with van der Waals surface area (Å²) in [6.07, 6.45) is -24.9. The van der Waals surface area contributed by atoms with E-state index in [1.54, 1.807) is 0 Å². The van der Waals surface area contributed by atoms with Gasteiger partial charge in [-0.3, -0.25) is 4.79 Å². The summed E-state index contributed by atoms with van der Waals surface area (Å²) in [5, 5.41) is 126. The van der Waals surface area contributed by atoms with Gasteiger partial charge in [-0.05, 0) is 35.9 Å². The van der Waals surface area contributed by atoms with Crippen molar-refractivity contribution >= 4 is 11.0 Å². The lowest BCUT2D eigenvalue weighted by molar-refractivity contribution is -0.342. The Morgan fingerprint density at radius 3 is 2.02 bits per heavy atom. The maximum atomic E-state index is 13.5. The van der Waals surface area contributed by atoms with Crippen molar-refractivity contribution in [1.82, 2.24) is 0 Å². The Morgan fingerprint density at radius 1 is 0.720 bits per heavy atom. The first kappa shape index (κ1) is 36.5. The lowest BCUT2D eigenvalue weighted by Gasteiger charge is -2.47. The van der Waals surface area contributed by atoms with E-state index in [2.05, 4.69) is 0 Å². The van der Waals surface area contributed by atoms with Crippen molar-refractivity contribution < 1.29 is 84.6 Å². The van der Waals surface area contributed by atoms with Crippen molar-refractivity contribution in [3.63, 3.8) is 0 Å². The van der Waals surface area contributed by atoms with E-state index in [0.717, 1.165) is 12.1 Å². The molecular weight excluding hydrogens is 672 g/mol. The Morgan fingerprint density at radius 2 is 1.36 bits per heavy atom. The summed E-state index contributed by atoms with van der Waals surface area (Å²) in [5.41, 5.74) is -1.40. The Hall–Kier alpha value is -3.31. The first-order valence-electron chi connectivity index (χ1n) is 15.6.